The van der Waals surface area contributed by atoms with Gasteiger partial charge in [0.05, 0.1) is 22.6 Å². The number of nitro benzene ring substituents is 1. The summed E-state index contributed by atoms with van der Waals surface area (Å²) in [5.41, 5.74) is 1.67. The third kappa shape index (κ3) is 3.54. The number of hydrogen-bond donors (Lipinski definition) is 0. The summed E-state index contributed by atoms with van der Waals surface area (Å²) in [6, 6.07) is 13.4. The Kier molecular flexibility index (Phi) is 5.45. The molecule has 0 unspecified atom stereocenters. The molecule has 2 aromatic carbocycles. The number of rotatable bonds is 5. The summed E-state index contributed by atoms with van der Waals surface area (Å²) >= 11 is 5.58. The van der Waals surface area contributed by atoms with E-state index in [4.69, 9.17) is 12.2 Å². The number of piperazine rings is 1. The van der Waals surface area contributed by atoms with Crippen LogP contribution in [0.5, 0.6) is 0 Å². The van der Waals surface area contributed by atoms with E-state index in [0.717, 1.165) is 11.0 Å². The zero-order chi connectivity index (χ0) is 21.5. The fourth-order valence-electron chi connectivity index (χ4n) is 3.78. The smallest absolute Gasteiger partial charge is 0.289 e. The number of para-hydroxylation sites is 3. The molecular formula is C19H21N5O4S2. The van der Waals surface area contributed by atoms with Crippen molar-refractivity contribution in [3.63, 3.8) is 0 Å². The molecule has 158 valence electrons. The lowest BCUT2D eigenvalue weighted by molar-refractivity contribution is -0.387. The lowest BCUT2D eigenvalue weighted by atomic mass is 10.3. The molecule has 1 aromatic heterocycles. The van der Waals surface area contributed by atoms with Gasteiger partial charge in [-0.3, -0.25) is 15.0 Å². The van der Waals surface area contributed by atoms with Crippen LogP contribution < -0.4 is 0 Å². The molecule has 1 saturated heterocycles. The standard InChI is InChI=1S/C19H21N5O4S2/c1-20-15-6-2-3-7-16(15)23(19(20)29)14-21-10-12-22(13-11-21)30(27,28)18-9-5-4-8-17(18)24(25)26/h2-9H,10-14H2,1H3. The van der Waals surface area contributed by atoms with E-state index in [1.165, 1.54) is 28.6 Å². The predicted molar refractivity (Wildman–Crippen MR) is 115 cm³/mol. The van der Waals surface area contributed by atoms with Crippen molar-refractivity contribution in [1.82, 2.24) is 18.3 Å². The Labute approximate surface area is 178 Å². The SMILES string of the molecule is Cn1c(=S)n(CN2CCN(S(=O)(=O)c3ccccc3[N+](=O)[O-])CC2)c2ccccc21. The summed E-state index contributed by atoms with van der Waals surface area (Å²) in [5, 5.41) is 11.2. The minimum Gasteiger partial charge on any atom is -0.320 e. The Bertz CT molecular complexity index is 1270. The van der Waals surface area contributed by atoms with Gasteiger partial charge in [-0.25, -0.2) is 8.42 Å². The Morgan fingerprint density at radius 1 is 1.00 bits per heavy atom. The third-order valence-corrected chi connectivity index (χ3v) is 7.84. The Morgan fingerprint density at radius 2 is 1.60 bits per heavy atom. The lowest BCUT2D eigenvalue weighted by Crippen LogP contribution is -2.48. The van der Waals surface area contributed by atoms with Crippen molar-refractivity contribution in [2.45, 2.75) is 11.6 Å². The minimum absolute atomic E-state index is 0.256. The maximum Gasteiger partial charge on any atom is 0.289 e. The van der Waals surface area contributed by atoms with Gasteiger partial charge in [-0.05, 0) is 30.4 Å². The Hall–Kier alpha value is -2.60. The zero-order valence-electron chi connectivity index (χ0n) is 16.3. The van der Waals surface area contributed by atoms with Crippen LogP contribution in [0.3, 0.4) is 0 Å². The second-order valence-electron chi connectivity index (χ2n) is 7.15. The third-order valence-electron chi connectivity index (χ3n) is 5.40. The van der Waals surface area contributed by atoms with Crippen molar-refractivity contribution >= 4 is 39.0 Å². The summed E-state index contributed by atoms with van der Waals surface area (Å²) in [5.74, 6) is 0. The van der Waals surface area contributed by atoms with Gasteiger partial charge in [0.1, 0.15) is 0 Å². The Balaban J connectivity index is 1.52. The van der Waals surface area contributed by atoms with Crippen LogP contribution in [0.15, 0.2) is 53.4 Å². The molecule has 30 heavy (non-hydrogen) atoms. The van der Waals surface area contributed by atoms with Crippen LogP contribution in [0, 0.1) is 14.9 Å². The van der Waals surface area contributed by atoms with E-state index in [-0.39, 0.29) is 18.0 Å². The molecule has 2 heterocycles. The number of nitrogens with zero attached hydrogens (tertiary/aromatic N) is 5. The molecule has 0 bridgehead atoms. The van der Waals surface area contributed by atoms with Crippen molar-refractivity contribution in [2.75, 3.05) is 26.2 Å². The molecule has 0 amide bonds. The highest BCUT2D eigenvalue weighted by atomic mass is 32.2. The average Bonchev–Trinajstić information content (AvgIpc) is 2.99. The van der Waals surface area contributed by atoms with Gasteiger partial charge in [-0.15, -0.1) is 0 Å². The van der Waals surface area contributed by atoms with Crippen molar-refractivity contribution < 1.29 is 13.3 Å². The highest BCUT2D eigenvalue weighted by molar-refractivity contribution is 7.89. The van der Waals surface area contributed by atoms with Crippen molar-refractivity contribution in [3.8, 4) is 0 Å². The van der Waals surface area contributed by atoms with Crippen molar-refractivity contribution in [2.24, 2.45) is 7.05 Å². The minimum atomic E-state index is -3.94. The molecule has 9 nitrogen and oxygen atoms in total. The quantitative estimate of drug-likeness (QED) is 0.339. The van der Waals surface area contributed by atoms with Crippen LogP contribution >= 0.6 is 12.2 Å². The van der Waals surface area contributed by atoms with Crippen LogP contribution in [-0.2, 0) is 23.7 Å². The number of aromatic nitrogens is 2. The van der Waals surface area contributed by atoms with E-state index in [0.29, 0.717) is 24.5 Å². The van der Waals surface area contributed by atoms with Crippen molar-refractivity contribution in [3.05, 3.63) is 63.4 Å². The lowest BCUT2D eigenvalue weighted by Gasteiger charge is -2.34. The maximum atomic E-state index is 13.0. The largest absolute Gasteiger partial charge is 0.320 e. The molecule has 1 aliphatic heterocycles. The van der Waals surface area contributed by atoms with Crippen LogP contribution in [0.2, 0.25) is 0 Å². The van der Waals surface area contributed by atoms with Gasteiger partial charge in [-0.2, -0.15) is 4.31 Å². The number of aryl methyl sites for hydroxylation is 1. The topological polar surface area (TPSA) is 93.6 Å². The number of nitro groups is 1. The molecule has 0 aliphatic carbocycles. The van der Waals surface area contributed by atoms with Gasteiger partial charge in [0.2, 0.25) is 10.0 Å². The first kappa shape index (κ1) is 20.7. The van der Waals surface area contributed by atoms with Crippen LogP contribution in [0.4, 0.5) is 5.69 Å². The molecule has 1 fully saturated rings. The number of hydrogen-bond acceptors (Lipinski definition) is 6. The predicted octanol–water partition coefficient (Wildman–Crippen LogP) is 2.58. The molecule has 1 aliphatic rings. The first-order valence-corrected chi connectivity index (χ1v) is 11.3. The fourth-order valence-corrected chi connectivity index (χ4v) is 5.61. The number of fused-ring (bicyclic) bond motifs is 1. The van der Waals surface area contributed by atoms with Gasteiger partial charge < -0.3 is 9.13 Å². The first-order chi connectivity index (χ1) is 14.3. The normalized spacial score (nSPS) is 16.2. The second-order valence-corrected chi connectivity index (χ2v) is 9.42. The van der Waals surface area contributed by atoms with E-state index in [1.54, 1.807) is 0 Å². The summed E-state index contributed by atoms with van der Waals surface area (Å²) in [6.45, 7) is 2.08. The van der Waals surface area contributed by atoms with Crippen LogP contribution in [0.1, 0.15) is 0 Å². The highest BCUT2D eigenvalue weighted by Gasteiger charge is 2.33. The van der Waals surface area contributed by atoms with Gasteiger partial charge in [0.15, 0.2) is 9.67 Å². The molecule has 3 aromatic rings. The second kappa shape index (κ2) is 7.91. The van der Waals surface area contributed by atoms with Crippen molar-refractivity contribution in [1.29, 1.82) is 0 Å². The van der Waals surface area contributed by atoms with E-state index in [9.17, 15) is 18.5 Å². The first-order valence-electron chi connectivity index (χ1n) is 9.41. The van der Waals surface area contributed by atoms with E-state index in [1.807, 2.05) is 40.4 Å². The zero-order valence-corrected chi connectivity index (χ0v) is 18.0. The highest BCUT2D eigenvalue weighted by Crippen LogP contribution is 2.27. The number of sulfonamides is 1. The molecule has 0 N–H and O–H groups in total. The summed E-state index contributed by atoms with van der Waals surface area (Å²) in [7, 11) is -2.01. The molecule has 0 radical (unpaired) electrons. The Morgan fingerprint density at radius 3 is 2.27 bits per heavy atom. The summed E-state index contributed by atoms with van der Waals surface area (Å²) in [6.07, 6.45) is 0. The number of imidazole rings is 1. The summed E-state index contributed by atoms with van der Waals surface area (Å²) < 4.78 is 32.0. The molecule has 11 heteroatoms. The fraction of sp³-hybridized carbons (Fsp3) is 0.316. The summed E-state index contributed by atoms with van der Waals surface area (Å²) in [4.78, 5) is 12.5. The molecular weight excluding hydrogens is 426 g/mol. The van der Waals surface area contributed by atoms with Gasteiger partial charge >= 0.3 is 0 Å². The number of benzene rings is 2. The van der Waals surface area contributed by atoms with Crippen LogP contribution in [-0.4, -0.2) is 57.9 Å². The van der Waals surface area contributed by atoms with Gasteiger partial charge in [-0.1, -0.05) is 24.3 Å². The maximum absolute atomic E-state index is 13.0. The van der Waals surface area contributed by atoms with E-state index >= 15 is 0 Å². The van der Waals surface area contributed by atoms with E-state index in [2.05, 4.69) is 4.90 Å². The van der Waals surface area contributed by atoms with Crippen LogP contribution in [0.25, 0.3) is 11.0 Å². The monoisotopic (exact) mass is 447 g/mol. The average molecular weight is 448 g/mol. The van der Waals surface area contributed by atoms with E-state index < -0.39 is 20.6 Å². The molecule has 4 rings (SSSR count). The molecule has 0 atom stereocenters. The molecule has 0 saturated carbocycles. The molecule has 0 spiro atoms. The van der Waals surface area contributed by atoms with Gasteiger partial charge in [0, 0.05) is 39.3 Å². The van der Waals surface area contributed by atoms with Gasteiger partial charge in [0.25, 0.3) is 5.69 Å².